The van der Waals surface area contributed by atoms with E-state index < -0.39 is 6.04 Å². The number of pyridine rings is 1. The molecule has 3 N–H and O–H groups in total. The Balaban J connectivity index is 0.00000200. The number of ether oxygens (including phenoxy) is 1. The molecule has 0 aliphatic carbocycles. The van der Waals surface area contributed by atoms with Gasteiger partial charge in [-0.15, -0.1) is 24.8 Å². The highest BCUT2D eigenvalue weighted by molar-refractivity contribution is 5.85. The van der Waals surface area contributed by atoms with Gasteiger partial charge in [-0.3, -0.25) is 4.79 Å². The Hall–Kier alpha value is -1.34. The number of nitrogens with one attached hydrogen (secondary N) is 1. The third-order valence-corrected chi connectivity index (χ3v) is 2.79. The van der Waals surface area contributed by atoms with Crippen molar-refractivity contribution in [3.05, 3.63) is 35.8 Å². The molecule has 2 rings (SSSR count). The molecule has 0 radical (unpaired) electrons. The van der Waals surface area contributed by atoms with Gasteiger partial charge in [0.05, 0.1) is 18.8 Å². The third kappa shape index (κ3) is 5.17. The summed E-state index contributed by atoms with van der Waals surface area (Å²) >= 11 is 0. The quantitative estimate of drug-likeness (QED) is 0.857. The van der Waals surface area contributed by atoms with E-state index in [1.165, 1.54) is 7.11 Å². The van der Waals surface area contributed by atoms with Gasteiger partial charge in [0.2, 0.25) is 5.91 Å². The molecule has 0 fully saturated rings. The number of hydrogen-bond donors (Lipinski definition) is 2. The number of aromatic nitrogens is 2. The van der Waals surface area contributed by atoms with Crippen LogP contribution >= 0.6 is 24.8 Å². The van der Waals surface area contributed by atoms with Gasteiger partial charge in [-0.05, 0) is 24.6 Å². The Bertz CT molecular complexity index is 589. The number of imidazole rings is 1. The summed E-state index contributed by atoms with van der Waals surface area (Å²) in [6, 6.07) is 3.34. The van der Waals surface area contributed by atoms with Crippen molar-refractivity contribution in [1.29, 1.82) is 0 Å². The van der Waals surface area contributed by atoms with E-state index in [0.717, 1.165) is 16.9 Å². The summed E-state index contributed by atoms with van der Waals surface area (Å²) in [7, 11) is 1.51. The molecule has 0 bridgehead atoms. The monoisotopic (exact) mass is 334 g/mol. The number of aryl methyl sites for hydroxylation is 1. The van der Waals surface area contributed by atoms with Crippen molar-refractivity contribution >= 4 is 36.4 Å². The average Bonchev–Trinajstić information content (AvgIpc) is 2.78. The lowest BCUT2D eigenvalue weighted by Crippen LogP contribution is -2.43. The first-order chi connectivity index (χ1) is 9.10. The zero-order valence-electron chi connectivity index (χ0n) is 11.9. The summed E-state index contributed by atoms with van der Waals surface area (Å²) in [5.41, 5.74) is 8.43. The van der Waals surface area contributed by atoms with Gasteiger partial charge in [-0.25, -0.2) is 4.98 Å². The van der Waals surface area contributed by atoms with Crippen LogP contribution in [-0.2, 0) is 16.1 Å². The molecular formula is C13H20Cl2N4O2. The van der Waals surface area contributed by atoms with Crippen LogP contribution in [0.15, 0.2) is 24.5 Å². The maximum absolute atomic E-state index is 11.6. The standard InChI is InChI=1S/C13H18N4O2.2ClH/c1-9-3-4-17-7-10(16-12(17)5-9)6-15-13(18)11(14)8-19-2;;/h3-5,7,11H,6,8,14H2,1-2H3,(H,15,18);2*1H. The lowest BCUT2D eigenvalue weighted by molar-refractivity contribution is -0.123. The van der Waals surface area contributed by atoms with E-state index in [1.54, 1.807) is 0 Å². The fourth-order valence-corrected chi connectivity index (χ4v) is 1.79. The molecule has 1 unspecified atom stereocenters. The Morgan fingerprint density at radius 1 is 1.52 bits per heavy atom. The molecule has 118 valence electrons. The molecule has 1 atom stereocenters. The van der Waals surface area contributed by atoms with Crippen LogP contribution in [0.5, 0.6) is 0 Å². The van der Waals surface area contributed by atoms with Crippen molar-refractivity contribution in [1.82, 2.24) is 14.7 Å². The minimum atomic E-state index is -0.649. The molecule has 6 nitrogen and oxygen atoms in total. The van der Waals surface area contributed by atoms with E-state index >= 15 is 0 Å². The fraction of sp³-hybridized carbons (Fsp3) is 0.385. The Morgan fingerprint density at radius 3 is 2.90 bits per heavy atom. The van der Waals surface area contributed by atoms with Crippen molar-refractivity contribution in [2.45, 2.75) is 19.5 Å². The summed E-state index contributed by atoms with van der Waals surface area (Å²) < 4.78 is 6.75. The summed E-state index contributed by atoms with van der Waals surface area (Å²) in [4.78, 5) is 16.1. The van der Waals surface area contributed by atoms with Crippen LogP contribution in [0.4, 0.5) is 0 Å². The fourth-order valence-electron chi connectivity index (χ4n) is 1.79. The predicted octanol–water partition coefficient (Wildman–Crippen LogP) is 1.08. The second kappa shape index (κ2) is 8.84. The van der Waals surface area contributed by atoms with Crippen LogP contribution in [0.1, 0.15) is 11.3 Å². The largest absolute Gasteiger partial charge is 0.383 e. The van der Waals surface area contributed by atoms with Gasteiger partial charge in [0, 0.05) is 19.5 Å². The zero-order chi connectivity index (χ0) is 13.8. The summed E-state index contributed by atoms with van der Waals surface area (Å²) in [6.45, 7) is 2.58. The normalized spacial score (nSPS) is 11.4. The molecule has 0 aliphatic heterocycles. The van der Waals surface area contributed by atoms with E-state index in [9.17, 15) is 4.79 Å². The summed E-state index contributed by atoms with van der Waals surface area (Å²) in [6.07, 6.45) is 3.83. The minimum absolute atomic E-state index is 0. The SMILES string of the molecule is COCC(N)C(=O)NCc1cn2ccc(C)cc2n1.Cl.Cl. The van der Waals surface area contributed by atoms with Crippen molar-refractivity contribution in [2.75, 3.05) is 13.7 Å². The number of halogens is 2. The van der Waals surface area contributed by atoms with Crippen molar-refractivity contribution in [3.63, 3.8) is 0 Å². The lowest BCUT2D eigenvalue weighted by atomic mass is 10.3. The molecular weight excluding hydrogens is 315 g/mol. The van der Waals surface area contributed by atoms with Gasteiger partial charge in [-0.2, -0.15) is 0 Å². The van der Waals surface area contributed by atoms with Crippen LogP contribution in [0.2, 0.25) is 0 Å². The summed E-state index contributed by atoms with van der Waals surface area (Å²) in [5, 5.41) is 2.74. The molecule has 0 saturated carbocycles. The van der Waals surface area contributed by atoms with Gasteiger partial charge < -0.3 is 20.2 Å². The minimum Gasteiger partial charge on any atom is -0.383 e. The average molecular weight is 335 g/mol. The summed E-state index contributed by atoms with van der Waals surface area (Å²) in [5.74, 6) is -0.241. The van der Waals surface area contributed by atoms with Crippen molar-refractivity contribution in [3.8, 4) is 0 Å². The molecule has 0 aromatic carbocycles. The zero-order valence-corrected chi connectivity index (χ0v) is 13.5. The van der Waals surface area contributed by atoms with Crippen LogP contribution in [0.25, 0.3) is 5.65 Å². The van der Waals surface area contributed by atoms with Crippen LogP contribution in [0.3, 0.4) is 0 Å². The van der Waals surface area contributed by atoms with E-state index in [4.69, 9.17) is 10.5 Å². The first kappa shape index (κ1) is 19.7. The topological polar surface area (TPSA) is 81.6 Å². The second-order valence-corrected chi connectivity index (χ2v) is 4.48. The maximum atomic E-state index is 11.6. The van der Waals surface area contributed by atoms with Crippen molar-refractivity contribution in [2.24, 2.45) is 5.73 Å². The van der Waals surface area contributed by atoms with Crippen LogP contribution in [0, 0.1) is 6.92 Å². The number of amides is 1. The van der Waals surface area contributed by atoms with Crippen molar-refractivity contribution < 1.29 is 9.53 Å². The highest BCUT2D eigenvalue weighted by Gasteiger charge is 2.13. The molecule has 2 aromatic rings. The Morgan fingerprint density at radius 2 is 2.24 bits per heavy atom. The van der Waals surface area contributed by atoms with Gasteiger partial charge in [-0.1, -0.05) is 0 Å². The lowest BCUT2D eigenvalue weighted by Gasteiger charge is -2.09. The smallest absolute Gasteiger partial charge is 0.239 e. The molecule has 0 aliphatic rings. The molecule has 21 heavy (non-hydrogen) atoms. The first-order valence-corrected chi connectivity index (χ1v) is 6.06. The number of nitrogens with zero attached hydrogens (tertiary/aromatic N) is 2. The van der Waals surface area contributed by atoms with Gasteiger partial charge in [0.15, 0.2) is 0 Å². The Labute approximate surface area is 135 Å². The molecule has 2 heterocycles. The molecule has 0 saturated heterocycles. The van der Waals surface area contributed by atoms with Gasteiger partial charge in [0.1, 0.15) is 11.7 Å². The third-order valence-electron chi connectivity index (χ3n) is 2.79. The number of fused-ring (bicyclic) bond motifs is 1. The highest BCUT2D eigenvalue weighted by atomic mass is 35.5. The van der Waals surface area contributed by atoms with E-state index in [1.807, 2.05) is 35.9 Å². The number of methoxy groups -OCH3 is 1. The number of hydrogen-bond acceptors (Lipinski definition) is 4. The molecule has 2 aromatic heterocycles. The van der Waals surface area contributed by atoms with Crippen LogP contribution in [-0.4, -0.2) is 35.1 Å². The number of nitrogens with two attached hydrogens (primary N) is 1. The Kier molecular flexibility index (Phi) is 8.27. The van der Waals surface area contributed by atoms with Gasteiger partial charge >= 0.3 is 0 Å². The second-order valence-electron chi connectivity index (χ2n) is 4.48. The number of carbonyl (C=O) groups is 1. The maximum Gasteiger partial charge on any atom is 0.239 e. The number of rotatable bonds is 5. The molecule has 8 heteroatoms. The first-order valence-electron chi connectivity index (χ1n) is 6.06. The van der Waals surface area contributed by atoms with Crippen LogP contribution < -0.4 is 11.1 Å². The molecule has 0 spiro atoms. The molecule has 1 amide bonds. The van der Waals surface area contributed by atoms with E-state index in [2.05, 4.69) is 10.3 Å². The van der Waals surface area contributed by atoms with Gasteiger partial charge in [0.25, 0.3) is 0 Å². The van der Waals surface area contributed by atoms with E-state index in [-0.39, 0.29) is 37.3 Å². The number of carbonyl (C=O) groups excluding carboxylic acids is 1. The highest BCUT2D eigenvalue weighted by Crippen LogP contribution is 2.07. The predicted molar refractivity (Wildman–Crippen MR) is 86.1 cm³/mol. The van der Waals surface area contributed by atoms with E-state index in [0.29, 0.717) is 6.54 Å².